The minimum atomic E-state index is -0.418. The summed E-state index contributed by atoms with van der Waals surface area (Å²) in [4.78, 5) is 41.5. The molecular weight excluding hydrogens is 498 g/mol. The van der Waals surface area contributed by atoms with Crippen LogP contribution in [0.1, 0.15) is 35.9 Å². The van der Waals surface area contributed by atoms with E-state index in [1.807, 2.05) is 30.3 Å². The number of benzene rings is 3. The first-order valence-corrected chi connectivity index (χ1v) is 12.9. The SMILES string of the molecule is CC(C)c1ccc(NC2=C(Sc3ccc(NC(=O)c4ccco4)cc3)C(=O)N(c3ccccc3)C2=O)cc1. The van der Waals surface area contributed by atoms with Crippen molar-refractivity contribution >= 4 is 46.5 Å². The first-order chi connectivity index (χ1) is 18.4. The molecule has 7 nitrogen and oxygen atoms in total. The minimum absolute atomic E-state index is 0.210. The summed E-state index contributed by atoms with van der Waals surface area (Å²) in [6, 6.07) is 27.0. The highest BCUT2D eigenvalue weighted by molar-refractivity contribution is 8.04. The Labute approximate surface area is 224 Å². The van der Waals surface area contributed by atoms with Gasteiger partial charge < -0.3 is 15.1 Å². The van der Waals surface area contributed by atoms with Crippen LogP contribution in [0.5, 0.6) is 0 Å². The molecular formula is C30H25N3O4S. The number of imide groups is 1. The van der Waals surface area contributed by atoms with E-state index < -0.39 is 11.8 Å². The van der Waals surface area contributed by atoms with Gasteiger partial charge >= 0.3 is 0 Å². The fourth-order valence-electron chi connectivity index (χ4n) is 3.95. The van der Waals surface area contributed by atoms with Crippen LogP contribution in [0.4, 0.5) is 17.1 Å². The summed E-state index contributed by atoms with van der Waals surface area (Å²) in [6.45, 7) is 4.23. The summed E-state index contributed by atoms with van der Waals surface area (Å²) in [7, 11) is 0. The van der Waals surface area contributed by atoms with E-state index in [0.717, 1.165) is 10.6 Å². The maximum atomic E-state index is 13.5. The summed E-state index contributed by atoms with van der Waals surface area (Å²) < 4.78 is 5.12. The Morgan fingerprint density at radius 1 is 0.816 bits per heavy atom. The van der Waals surface area contributed by atoms with Gasteiger partial charge in [0, 0.05) is 16.3 Å². The van der Waals surface area contributed by atoms with Crippen LogP contribution < -0.4 is 15.5 Å². The Bertz CT molecular complexity index is 1490. The second-order valence-corrected chi connectivity index (χ2v) is 10.0. The number of carbonyl (C=O) groups is 3. The monoisotopic (exact) mass is 523 g/mol. The highest BCUT2D eigenvalue weighted by Crippen LogP contribution is 2.38. The number of nitrogens with one attached hydrogen (secondary N) is 2. The van der Waals surface area contributed by atoms with Gasteiger partial charge in [-0.15, -0.1) is 0 Å². The molecule has 2 heterocycles. The van der Waals surface area contributed by atoms with Crippen molar-refractivity contribution in [1.82, 2.24) is 0 Å². The molecule has 4 aromatic rings. The fourth-order valence-corrected chi connectivity index (χ4v) is 4.87. The summed E-state index contributed by atoms with van der Waals surface area (Å²) in [5.41, 5.74) is 3.19. The molecule has 0 bridgehead atoms. The summed E-state index contributed by atoms with van der Waals surface area (Å²) in [5, 5.41) is 5.96. The number of hydrogen-bond acceptors (Lipinski definition) is 6. The molecule has 190 valence electrons. The standard InChI is InChI=1S/C30H25N3O4S/c1-19(2)20-10-12-21(13-11-20)31-26-27(30(36)33(29(26)35)23-7-4-3-5-8-23)38-24-16-14-22(15-17-24)32-28(34)25-9-6-18-37-25/h3-19,31H,1-2H3,(H,32,34). The van der Waals surface area contributed by atoms with Gasteiger partial charge in [-0.05, 0) is 72.1 Å². The lowest BCUT2D eigenvalue weighted by atomic mass is 10.0. The molecule has 0 unspecified atom stereocenters. The molecule has 1 aliphatic heterocycles. The largest absolute Gasteiger partial charge is 0.459 e. The second-order valence-electron chi connectivity index (χ2n) is 8.94. The Morgan fingerprint density at radius 2 is 1.50 bits per heavy atom. The third kappa shape index (κ3) is 5.26. The zero-order chi connectivity index (χ0) is 26.6. The van der Waals surface area contributed by atoms with Crippen molar-refractivity contribution in [2.75, 3.05) is 15.5 Å². The highest BCUT2D eigenvalue weighted by atomic mass is 32.2. The molecule has 0 radical (unpaired) electrons. The van der Waals surface area contributed by atoms with Gasteiger partial charge in [-0.25, -0.2) is 4.90 Å². The van der Waals surface area contributed by atoms with Crippen LogP contribution in [0, 0.1) is 0 Å². The number of amides is 3. The van der Waals surface area contributed by atoms with Crippen LogP contribution in [0.3, 0.4) is 0 Å². The topological polar surface area (TPSA) is 91.7 Å². The number of anilines is 3. The average molecular weight is 524 g/mol. The van der Waals surface area contributed by atoms with Crippen molar-refractivity contribution in [3.8, 4) is 0 Å². The van der Waals surface area contributed by atoms with Crippen LogP contribution in [0.15, 0.2) is 117 Å². The third-order valence-corrected chi connectivity index (χ3v) is 7.07. The van der Waals surface area contributed by atoms with E-state index in [9.17, 15) is 14.4 Å². The molecule has 5 rings (SSSR count). The molecule has 0 saturated heterocycles. The molecule has 0 atom stereocenters. The Hall–Kier alpha value is -4.56. The lowest BCUT2D eigenvalue weighted by Gasteiger charge is -2.15. The molecule has 1 aliphatic rings. The summed E-state index contributed by atoms with van der Waals surface area (Å²) in [5.74, 6) is -0.587. The van der Waals surface area contributed by atoms with E-state index in [-0.39, 0.29) is 17.4 Å². The van der Waals surface area contributed by atoms with Crippen LogP contribution in [-0.2, 0) is 9.59 Å². The average Bonchev–Trinajstić information content (AvgIpc) is 3.54. The predicted molar refractivity (Wildman–Crippen MR) is 149 cm³/mol. The van der Waals surface area contributed by atoms with Crippen LogP contribution in [0.2, 0.25) is 0 Å². The zero-order valence-corrected chi connectivity index (χ0v) is 21.6. The smallest absolute Gasteiger partial charge is 0.291 e. The number of nitrogens with zero attached hydrogens (tertiary/aromatic N) is 1. The van der Waals surface area contributed by atoms with Gasteiger partial charge in [0.05, 0.1) is 12.0 Å². The van der Waals surface area contributed by atoms with Crippen molar-refractivity contribution in [3.63, 3.8) is 0 Å². The number of hydrogen-bond donors (Lipinski definition) is 2. The Morgan fingerprint density at radius 3 is 2.13 bits per heavy atom. The molecule has 0 aliphatic carbocycles. The van der Waals surface area contributed by atoms with Crippen molar-refractivity contribution in [1.29, 1.82) is 0 Å². The maximum Gasteiger partial charge on any atom is 0.291 e. The van der Waals surface area contributed by atoms with Crippen molar-refractivity contribution in [2.45, 2.75) is 24.7 Å². The zero-order valence-electron chi connectivity index (χ0n) is 20.8. The number of thioether (sulfide) groups is 1. The Balaban J connectivity index is 1.41. The minimum Gasteiger partial charge on any atom is -0.459 e. The molecule has 0 saturated carbocycles. The molecule has 1 aromatic heterocycles. The van der Waals surface area contributed by atoms with Crippen molar-refractivity contribution < 1.29 is 18.8 Å². The molecule has 3 aromatic carbocycles. The molecule has 3 amide bonds. The van der Waals surface area contributed by atoms with E-state index in [1.54, 1.807) is 60.7 Å². The summed E-state index contributed by atoms with van der Waals surface area (Å²) in [6.07, 6.45) is 1.44. The molecule has 0 fully saturated rings. The van der Waals surface area contributed by atoms with E-state index in [1.165, 1.54) is 28.5 Å². The number of para-hydroxylation sites is 1. The van der Waals surface area contributed by atoms with E-state index in [4.69, 9.17) is 4.42 Å². The normalized spacial score (nSPS) is 13.4. The number of carbonyl (C=O) groups excluding carboxylic acids is 3. The summed E-state index contributed by atoms with van der Waals surface area (Å²) >= 11 is 1.20. The van der Waals surface area contributed by atoms with Gasteiger partial charge in [-0.1, -0.05) is 55.9 Å². The first-order valence-electron chi connectivity index (χ1n) is 12.1. The van der Waals surface area contributed by atoms with E-state index in [2.05, 4.69) is 24.5 Å². The van der Waals surface area contributed by atoms with Gasteiger partial charge in [-0.2, -0.15) is 0 Å². The van der Waals surface area contributed by atoms with Gasteiger partial charge in [0.1, 0.15) is 10.6 Å². The van der Waals surface area contributed by atoms with Crippen LogP contribution in [-0.4, -0.2) is 17.7 Å². The molecule has 2 N–H and O–H groups in total. The molecule has 8 heteroatoms. The molecule has 38 heavy (non-hydrogen) atoms. The van der Waals surface area contributed by atoms with Gasteiger partial charge in [0.25, 0.3) is 17.7 Å². The van der Waals surface area contributed by atoms with Crippen molar-refractivity contribution in [2.24, 2.45) is 0 Å². The van der Waals surface area contributed by atoms with Crippen LogP contribution >= 0.6 is 11.8 Å². The van der Waals surface area contributed by atoms with Gasteiger partial charge in [0.2, 0.25) is 0 Å². The van der Waals surface area contributed by atoms with E-state index >= 15 is 0 Å². The molecule has 0 spiro atoms. The van der Waals surface area contributed by atoms with Gasteiger partial charge in [-0.3, -0.25) is 14.4 Å². The lowest BCUT2D eigenvalue weighted by Crippen LogP contribution is -2.32. The van der Waals surface area contributed by atoms with Gasteiger partial charge in [0.15, 0.2) is 5.76 Å². The maximum absolute atomic E-state index is 13.5. The number of furan rings is 1. The quantitative estimate of drug-likeness (QED) is 0.252. The number of rotatable bonds is 8. The van der Waals surface area contributed by atoms with Crippen LogP contribution in [0.25, 0.3) is 0 Å². The second kappa shape index (κ2) is 10.8. The fraction of sp³-hybridized carbons (Fsp3) is 0.100. The first kappa shape index (κ1) is 25.1. The Kier molecular flexibility index (Phi) is 7.15. The van der Waals surface area contributed by atoms with Crippen molar-refractivity contribution in [3.05, 3.63) is 119 Å². The third-order valence-electron chi connectivity index (χ3n) is 5.98. The van der Waals surface area contributed by atoms with E-state index in [0.29, 0.717) is 22.2 Å². The highest BCUT2D eigenvalue weighted by Gasteiger charge is 2.40. The lowest BCUT2D eigenvalue weighted by molar-refractivity contribution is -0.120. The predicted octanol–water partition coefficient (Wildman–Crippen LogP) is 6.64.